The number of hydrogen-bond acceptors (Lipinski definition) is 2. The van der Waals surface area contributed by atoms with Crippen LogP contribution >= 0.6 is 11.6 Å². The molecule has 0 N–H and O–H groups in total. The van der Waals surface area contributed by atoms with E-state index in [0.29, 0.717) is 17.2 Å². The summed E-state index contributed by atoms with van der Waals surface area (Å²) in [7, 11) is 0. The van der Waals surface area contributed by atoms with Crippen LogP contribution < -0.4 is 0 Å². The number of alkyl halides is 1. The smallest absolute Gasteiger partial charge is 0.164 e. The first-order chi connectivity index (χ1) is 9.56. The number of fused-ring (bicyclic) bond motifs is 1. The highest BCUT2D eigenvalue weighted by molar-refractivity contribution is 6.20. The quantitative estimate of drug-likeness (QED) is 0.663. The molecule has 1 aromatic carbocycles. The molecule has 0 radical (unpaired) electrons. The lowest BCUT2D eigenvalue weighted by Gasteiger charge is -2.10. The van der Waals surface area contributed by atoms with Gasteiger partial charge in [-0.3, -0.25) is 4.57 Å². The predicted octanol–water partition coefficient (Wildman–Crippen LogP) is 4.17. The summed E-state index contributed by atoms with van der Waals surface area (Å²) < 4.78 is 15.3. The van der Waals surface area contributed by atoms with Gasteiger partial charge in [0, 0.05) is 5.69 Å². The third-order valence-corrected chi connectivity index (χ3v) is 3.29. The molecule has 20 heavy (non-hydrogen) atoms. The van der Waals surface area contributed by atoms with Crippen molar-refractivity contribution in [2.24, 2.45) is 0 Å². The SMILES string of the molecule is Cc1ccc2nc(C(C)Cl)n(-c3cccc(F)c3)c2n1. The monoisotopic (exact) mass is 289 g/mol. The fourth-order valence-electron chi connectivity index (χ4n) is 2.21. The van der Waals surface area contributed by atoms with Gasteiger partial charge in [-0.05, 0) is 44.2 Å². The normalized spacial score (nSPS) is 12.8. The zero-order chi connectivity index (χ0) is 14.3. The molecule has 1 unspecified atom stereocenters. The lowest BCUT2D eigenvalue weighted by molar-refractivity contribution is 0.626. The predicted molar refractivity (Wildman–Crippen MR) is 77.8 cm³/mol. The summed E-state index contributed by atoms with van der Waals surface area (Å²) in [5.41, 5.74) is 3.00. The molecule has 1 atom stereocenters. The van der Waals surface area contributed by atoms with Crippen LogP contribution in [0, 0.1) is 12.7 Å². The molecule has 102 valence electrons. The molecule has 0 bridgehead atoms. The highest BCUT2D eigenvalue weighted by Gasteiger charge is 2.17. The van der Waals surface area contributed by atoms with Crippen LogP contribution in [0.1, 0.15) is 23.8 Å². The maximum absolute atomic E-state index is 13.5. The first-order valence-corrected chi connectivity index (χ1v) is 6.76. The molecule has 3 rings (SSSR count). The van der Waals surface area contributed by atoms with Crippen LogP contribution in [0.5, 0.6) is 0 Å². The van der Waals surface area contributed by atoms with Gasteiger partial charge in [-0.25, -0.2) is 14.4 Å². The lowest BCUT2D eigenvalue weighted by atomic mass is 10.3. The second-order valence-corrected chi connectivity index (χ2v) is 5.35. The Bertz CT molecular complexity index is 780. The van der Waals surface area contributed by atoms with Crippen LogP contribution in [0.2, 0.25) is 0 Å². The summed E-state index contributed by atoms with van der Waals surface area (Å²) in [4.78, 5) is 9.01. The zero-order valence-corrected chi connectivity index (χ0v) is 11.9. The van der Waals surface area contributed by atoms with Gasteiger partial charge in [0.15, 0.2) is 5.65 Å². The number of hydrogen-bond donors (Lipinski definition) is 0. The summed E-state index contributed by atoms with van der Waals surface area (Å²) in [5.74, 6) is 0.357. The van der Waals surface area contributed by atoms with E-state index in [4.69, 9.17) is 11.6 Å². The Morgan fingerprint density at radius 3 is 2.70 bits per heavy atom. The van der Waals surface area contributed by atoms with Crippen LogP contribution in [0.4, 0.5) is 4.39 Å². The van der Waals surface area contributed by atoms with Gasteiger partial charge in [0.25, 0.3) is 0 Å². The minimum Gasteiger partial charge on any atom is -0.279 e. The number of pyridine rings is 1. The Kier molecular flexibility index (Phi) is 3.18. The van der Waals surface area contributed by atoms with Crippen molar-refractivity contribution in [2.75, 3.05) is 0 Å². The first-order valence-electron chi connectivity index (χ1n) is 6.32. The molecule has 3 nitrogen and oxygen atoms in total. The Balaban J connectivity index is 2.36. The third-order valence-electron chi connectivity index (χ3n) is 3.09. The van der Waals surface area contributed by atoms with Gasteiger partial charge in [-0.1, -0.05) is 6.07 Å². The summed E-state index contributed by atoms with van der Waals surface area (Å²) in [6.45, 7) is 3.75. The molecule has 0 fully saturated rings. The number of halogens is 2. The molecule has 0 aliphatic heterocycles. The van der Waals surface area contributed by atoms with Crippen molar-refractivity contribution in [1.29, 1.82) is 0 Å². The van der Waals surface area contributed by atoms with Crippen molar-refractivity contribution >= 4 is 22.8 Å². The molecule has 0 spiro atoms. The standard InChI is InChI=1S/C15H13ClFN3/c1-9-6-7-13-15(18-9)20(14(19-13)10(2)16)12-5-3-4-11(17)8-12/h3-8,10H,1-2H3. The molecular formula is C15H13ClFN3. The number of imidazole rings is 1. The van der Waals surface area contributed by atoms with Gasteiger partial charge in [-0.15, -0.1) is 11.6 Å². The second kappa shape index (κ2) is 4.87. The number of aryl methyl sites for hydroxylation is 1. The molecule has 2 heterocycles. The second-order valence-electron chi connectivity index (χ2n) is 4.70. The van der Waals surface area contributed by atoms with E-state index in [1.165, 1.54) is 12.1 Å². The average molecular weight is 290 g/mol. The number of rotatable bonds is 2. The fourth-order valence-corrected chi connectivity index (χ4v) is 2.35. The molecule has 5 heteroatoms. The minimum absolute atomic E-state index is 0.298. The third kappa shape index (κ3) is 2.16. The largest absolute Gasteiger partial charge is 0.279 e. The van der Waals surface area contributed by atoms with Crippen molar-refractivity contribution in [1.82, 2.24) is 14.5 Å². The highest BCUT2D eigenvalue weighted by Crippen LogP contribution is 2.27. The van der Waals surface area contributed by atoms with Crippen LogP contribution in [0.25, 0.3) is 16.9 Å². The number of nitrogens with zero attached hydrogens (tertiary/aromatic N) is 3. The Morgan fingerprint density at radius 1 is 1.20 bits per heavy atom. The summed E-state index contributed by atoms with van der Waals surface area (Å²) in [5, 5.41) is -0.298. The summed E-state index contributed by atoms with van der Waals surface area (Å²) >= 11 is 6.20. The Hall–Kier alpha value is -1.94. The zero-order valence-electron chi connectivity index (χ0n) is 11.1. The maximum atomic E-state index is 13.5. The van der Waals surface area contributed by atoms with E-state index >= 15 is 0 Å². The molecule has 0 aliphatic carbocycles. The molecule has 2 aromatic heterocycles. The fraction of sp³-hybridized carbons (Fsp3) is 0.200. The van der Waals surface area contributed by atoms with E-state index in [-0.39, 0.29) is 11.2 Å². The van der Waals surface area contributed by atoms with Crippen molar-refractivity contribution in [3.8, 4) is 5.69 Å². The Morgan fingerprint density at radius 2 is 2.00 bits per heavy atom. The highest BCUT2D eigenvalue weighted by atomic mass is 35.5. The van der Waals surface area contributed by atoms with Crippen LogP contribution in [-0.2, 0) is 0 Å². The van der Waals surface area contributed by atoms with Gasteiger partial charge in [0.05, 0.1) is 11.1 Å². The van der Waals surface area contributed by atoms with Crippen LogP contribution in [-0.4, -0.2) is 14.5 Å². The van der Waals surface area contributed by atoms with Gasteiger partial charge in [0.1, 0.15) is 17.2 Å². The molecule has 0 saturated carbocycles. The minimum atomic E-state index is -0.301. The Labute approximate surface area is 121 Å². The number of aromatic nitrogens is 3. The molecule has 0 saturated heterocycles. The van der Waals surface area contributed by atoms with E-state index < -0.39 is 0 Å². The molecule has 0 amide bonds. The van der Waals surface area contributed by atoms with E-state index in [0.717, 1.165) is 11.2 Å². The number of benzene rings is 1. The summed E-state index contributed by atoms with van der Waals surface area (Å²) in [6.07, 6.45) is 0. The van der Waals surface area contributed by atoms with Crippen LogP contribution in [0.15, 0.2) is 36.4 Å². The van der Waals surface area contributed by atoms with Crippen molar-refractivity contribution in [3.05, 3.63) is 53.7 Å². The average Bonchev–Trinajstić information content (AvgIpc) is 2.77. The molecule has 3 aromatic rings. The van der Waals surface area contributed by atoms with Gasteiger partial charge in [0.2, 0.25) is 0 Å². The van der Waals surface area contributed by atoms with Gasteiger partial charge >= 0.3 is 0 Å². The lowest BCUT2D eigenvalue weighted by Crippen LogP contribution is -2.03. The molecule has 0 aliphatic rings. The van der Waals surface area contributed by atoms with Crippen molar-refractivity contribution in [2.45, 2.75) is 19.2 Å². The van der Waals surface area contributed by atoms with Gasteiger partial charge in [-0.2, -0.15) is 0 Å². The van der Waals surface area contributed by atoms with E-state index in [9.17, 15) is 4.39 Å². The van der Waals surface area contributed by atoms with E-state index in [1.54, 1.807) is 6.07 Å². The topological polar surface area (TPSA) is 30.7 Å². The van der Waals surface area contributed by atoms with Crippen molar-refractivity contribution in [3.63, 3.8) is 0 Å². The van der Waals surface area contributed by atoms with E-state index in [1.807, 2.05) is 36.6 Å². The van der Waals surface area contributed by atoms with Crippen LogP contribution in [0.3, 0.4) is 0 Å². The first kappa shape index (κ1) is 13.1. The maximum Gasteiger partial charge on any atom is 0.164 e. The van der Waals surface area contributed by atoms with Crippen molar-refractivity contribution < 1.29 is 4.39 Å². The van der Waals surface area contributed by atoms with Gasteiger partial charge < -0.3 is 0 Å². The van der Waals surface area contributed by atoms with E-state index in [2.05, 4.69) is 9.97 Å². The molecular weight excluding hydrogens is 277 g/mol. The summed E-state index contributed by atoms with van der Waals surface area (Å²) in [6, 6.07) is 10.1.